The van der Waals surface area contributed by atoms with Crippen LogP contribution in [0.5, 0.6) is 0 Å². The fraction of sp³-hybridized carbons (Fsp3) is 0.692. The molecule has 1 aromatic carbocycles. The second-order valence-electron chi connectivity index (χ2n) is 9.39. The normalized spacial score (nSPS) is 28.7. The molecule has 0 saturated heterocycles. The summed E-state index contributed by atoms with van der Waals surface area (Å²) in [6.45, 7) is 3.93. The third kappa shape index (κ3) is 5.67. The second-order valence-corrected chi connectivity index (χ2v) is 9.39. The van der Waals surface area contributed by atoms with E-state index >= 15 is 0 Å². The number of rotatable bonds is 7. The molecule has 2 saturated carbocycles. The summed E-state index contributed by atoms with van der Waals surface area (Å²) >= 11 is 0. The van der Waals surface area contributed by atoms with Crippen LogP contribution in [0, 0.1) is 36.3 Å². The van der Waals surface area contributed by atoms with E-state index in [9.17, 15) is 8.78 Å². The van der Waals surface area contributed by atoms with Gasteiger partial charge in [-0.05, 0) is 80.2 Å². The van der Waals surface area contributed by atoms with Gasteiger partial charge in [0.2, 0.25) is 0 Å². The maximum absolute atomic E-state index is 14.2. The average molecular weight is 389 g/mol. The highest BCUT2D eigenvalue weighted by atomic mass is 19.2. The predicted octanol–water partition coefficient (Wildman–Crippen LogP) is 8.49. The minimum absolute atomic E-state index is 0.179. The predicted molar refractivity (Wildman–Crippen MR) is 115 cm³/mol. The molecular weight excluding hydrogens is 350 g/mol. The van der Waals surface area contributed by atoms with Crippen LogP contribution < -0.4 is 0 Å². The zero-order valence-corrected chi connectivity index (χ0v) is 17.9. The van der Waals surface area contributed by atoms with E-state index in [4.69, 9.17) is 0 Å². The Hall–Kier alpha value is -1.18. The van der Waals surface area contributed by atoms with E-state index in [2.05, 4.69) is 19.1 Å². The van der Waals surface area contributed by atoms with Crippen molar-refractivity contribution in [1.82, 2.24) is 0 Å². The number of hydrogen-bond acceptors (Lipinski definition) is 0. The second kappa shape index (κ2) is 10.6. The first-order valence-corrected chi connectivity index (χ1v) is 11.7. The van der Waals surface area contributed by atoms with Gasteiger partial charge in [0.25, 0.3) is 0 Å². The van der Waals surface area contributed by atoms with E-state index in [1.165, 1.54) is 51.4 Å². The Labute approximate surface area is 170 Å². The van der Waals surface area contributed by atoms with E-state index in [0.29, 0.717) is 17.0 Å². The minimum Gasteiger partial charge on any atom is -0.203 e. The summed E-state index contributed by atoms with van der Waals surface area (Å²) in [6.07, 6.45) is 20.0. The fourth-order valence-corrected chi connectivity index (χ4v) is 5.44. The van der Waals surface area contributed by atoms with Crippen molar-refractivity contribution in [2.75, 3.05) is 0 Å². The van der Waals surface area contributed by atoms with Gasteiger partial charge in [0.05, 0.1) is 0 Å². The van der Waals surface area contributed by atoms with E-state index in [-0.39, 0.29) is 5.92 Å². The molecule has 0 amide bonds. The van der Waals surface area contributed by atoms with Crippen molar-refractivity contribution in [2.24, 2.45) is 17.8 Å². The molecule has 1 aromatic rings. The Morgan fingerprint density at radius 3 is 2.14 bits per heavy atom. The third-order valence-electron chi connectivity index (χ3n) is 7.33. The fourth-order valence-electron chi connectivity index (χ4n) is 5.44. The van der Waals surface area contributed by atoms with Gasteiger partial charge in [0.1, 0.15) is 0 Å². The first-order chi connectivity index (χ1) is 13.6. The van der Waals surface area contributed by atoms with Crippen LogP contribution in [0.4, 0.5) is 8.78 Å². The summed E-state index contributed by atoms with van der Waals surface area (Å²) in [5.41, 5.74) is 0.987. The van der Waals surface area contributed by atoms with Crippen molar-refractivity contribution < 1.29 is 8.78 Å². The van der Waals surface area contributed by atoms with Crippen LogP contribution in [-0.4, -0.2) is 0 Å². The number of aryl methyl sites for hydroxylation is 1. The zero-order chi connectivity index (χ0) is 19.9. The molecule has 2 fully saturated rings. The van der Waals surface area contributed by atoms with Crippen LogP contribution >= 0.6 is 0 Å². The lowest BCUT2D eigenvalue weighted by molar-refractivity contribution is 0.253. The molecule has 2 heteroatoms. The molecule has 28 heavy (non-hydrogen) atoms. The standard InChI is InChI=1S/C26H38F2/c1-3-6-20-10-12-21(13-11-20)7-4-5-8-22-14-16-23(17-15-22)24-18-9-19(2)25(27)26(24)28/h5,8-9,18,20-23H,3-4,6-7,10-17H2,1-2H3/b8-5+. The highest BCUT2D eigenvalue weighted by molar-refractivity contribution is 5.28. The Morgan fingerprint density at radius 2 is 1.50 bits per heavy atom. The molecule has 0 heterocycles. The molecule has 0 bridgehead atoms. The van der Waals surface area contributed by atoms with E-state index in [1.807, 2.05) is 0 Å². The van der Waals surface area contributed by atoms with Crippen molar-refractivity contribution in [2.45, 2.75) is 96.8 Å². The zero-order valence-electron chi connectivity index (χ0n) is 17.9. The number of benzene rings is 1. The van der Waals surface area contributed by atoms with Crippen LogP contribution in [0.15, 0.2) is 24.3 Å². The van der Waals surface area contributed by atoms with E-state index in [1.54, 1.807) is 19.1 Å². The molecule has 0 atom stereocenters. The summed E-state index contributed by atoms with van der Waals surface area (Å²) in [4.78, 5) is 0. The SMILES string of the molecule is CCCC1CCC(CC/C=C/C2CCC(c3ccc(C)c(F)c3F)CC2)CC1. The number of hydrogen-bond donors (Lipinski definition) is 0. The monoisotopic (exact) mass is 388 g/mol. The van der Waals surface area contributed by atoms with Crippen molar-refractivity contribution in [3.05, 3.63) is 47.0 Å². The van der Waals surface area contributed by atoms with Crippen molar-refractivity contribution in [3.8, 4) is 0 Å². The van der Waals surface area contributed by atoms with E-state index in [0.717, 1.165) is 37.5 Å². The number of halogens is 2. The lowest BCUT2D eigenvalue weighted by Gasteiger charge is -2.28. The molecule has 0 spiro atoms. The quantitative estimate of drug-likeness (QED) is 0.411. The van der Waals surface area contributed by atoms with Crippen LogP contribution in [0.25, 0.3) is 0 Å². The van der Waals surface area contributed by atoms with Crippen molar-refractivity contribution in [3.63, 3.8) is 0 Å². The van der Waals surface area contributed by atoms with Gasteiger partial charge in [-0.3, -0.25) is 0 Å². The van der Waals surface area contributed by atoms with Gasteiger partial charge in [-0.1, -0.05) is 69.7 Å². The topological polar surface area (TPSA) is 0 Å². The molecule has 0 aliphatic heterocycles. The van der Waals surface area contributed by atoms with Crippen molar-refractivity contribution in [1.29, 1.82) is 0 Å². The molecule has 0 nitrogen and oxygen atoms in total. The van der Waals surface area contributed by atoms with Gasteiger partial charge in [-0.2, -0.15) is 0 Å². The van der Waals surface area contributed by atoms with Gasteiger partial charge < -0.3 is 0 Å². The Morgan fingerprint density at radius 1 is 0.857 bits per heavy atom. The molecule has 0 unspecified atom stereocenters. The molecule has 3 rings (SSSR count). The molecule has 156 valence electrons. The lowest BCUT2D eigenvalue weighted by atomic mass is 9.77. The molecular formula is C26H38F2. The van der Waals surface area contributed by atoms with Crippen LogP contribution in [0.2, 0.25) is 0 Å². The lowest BCUT2D eigenvalue weighted by Crippen LogP contribution is -2.14. The van der Waals surface area contributed by atoms with Crippen LogP contribution in [-0.2, 0) is 0 Å². The van der Waals surface area contributed by atoms with Crippen LogP contribution in [0.3, 0.4) is 0 Å². The summed E-state index contributed by atoms with van der Waals surface area (Å²) in [5, 5.41) is 0. The Bertz CT molecular complexity index is 632. The molecule has 2 aliphatic carbocycles. The molecule has 2 aliphatic rings. The highest BCUT2D eigenvalue weighted by Crippen LogP contribution is 2.38. The highest BCUT2D eigenvalue weighted by Gasteiger charge is 2.25. The molecule has 0 N–H and O–H groups in total. The molecule has 0 radical (unpaired) electrons. The minimum atomic E-state index is -0.664. The van der Waals surface area contributed by atoms with Gasteiger partial charge >= 0.3 is 0 Å². The van der Waals surface area contributed by atoms with Gasteiger partial charge in [-0.15, -0.1) is 0 Å². The Kier molecular flexibility index (Phi) is 8.11. The average Bonchev–Trinajstić information content (AvgIpc) is 2.72. The van der Waals surface area contributed by atoms with Crippen LogP contribution in [0.1, 0.15) is 101 Å². The first kappa shape index (κ1) is 21.5. The van der Waals surface area contributed by atoms with Gasteiger partial charge in [0, 0.05) is 0 Å². The van der Waals surface area contributed by atoms with Gasteiger partial charge in [0.15, 0.2) is 11.6 Å². The smallest absolute Gasteiger partial charge is 0.162 e. The summed E-state index contributed by atoms with van der Waals surface area (Å²) in [7, 11) is 0. The van der Waals surface area contributed by atoms with Crippen molar-refractivity contribution >= 4 is 0 Å². The third-order valence-corrected chi connectivity index (χ3v) is 7.33. The summed E-state index contributed by atoms with van der Waals surface area (Å²) in [6, 6.07) is 3.51. The summed E-state index contributed by atoms with van der Waals surface area (Å²) < 4.78 is 28.1. The largest absolute Gasteiger partial charge is 0.203 e. The molecule has 0 aromatic heterocycles. The maximum atomic E-state index is 14.2. The number of allylic oxidation sites excluding steroid dienone is 2. The summed E-state index contributed by atoms with van der Waals surface area (Å²) in [5.74, 6) is 1.45. The maximum Gasteiger partial charge on any atom is 0.162 e. The van der Waals surface area contributed by atoms with E-state index < -0.39 is 11.6 Å². The first-order valence-electron chi connectivity index (χ1n) is 11.7. The van der Waals surface area contributed by atoms with Gasteiger partial charge in [-0.25, -0.2) is 8.78 Å². The Balaban J connectivity index is 1.37.